The van der Waals surface area contributed by atoms with Crippen LogP contribution in [0.1, 0.15) is 28.8 Å². The monoisotopic (exact) mass is 458 g/mol. The molecule has 1 aliphatic rings. The zero-order valence-corrected chi connectivity index (χ0v) is 19.2. The van der Waals surface area contributed by atoms with Gasteiger partial charge >= 0.3 is 0 Å². The highest BCUT2D eigenvalue weighted by Gasteiger charge is 2.25. The maximum Gasteiger partial charge on any atom is 0.253 e. The highest BCUT2D eigenvalue weighted by molar-refractivity contribution is 7.91. The van der Waals surface area contributed by atoms with Crippen molar-refractivity contribution in [1.29, 1.82) is 0 Å². The van der Waals surface area contributed by atoms with Crippen LogP contribution in [0.15, 0.2) is 59.5 Å². The Morgan fingerprint density at radius 1 is 0.906 bits per heavy atom. The molecule has 0 spiro atoms. The Kier molecular flexibility index (Phi) is 8.41. The summed E-state index contributed by atoms with van der Waals surface area (Å²) >= 11 is 0. The second-order valence-electron chi connectivity index (χ2n) is 7.85. The summed E-state index contributed by atoms with van der Waals surface area (Å²) in [6, 6.07) is 16.1. The minimum absolute atomic E-state index is 0.0991. The highest BCUT2D eigenvalue weighted by atomic mass is 32.2. The summed E-state index contributed by atoms with van der Waals surface area (Å²) in [4.78, 5) is 29.0. The number of hydrogen-bond donors (Lipinski definition) is 0. The standard InChI is InChI=1S/C24H30N2O5S/c1-31-18-19-32(29,30)22-12-10-21(11-13-22)24(28)26-16-14-25(15-17-26)23(27)9-5-8-20-6-3-2-4-7-20/h2-4,6-7,10-13H,5,8-9,14-19H2,1H3. The van der Waals surface area contributed by atoms with Crippen molar-refractivity contribution in [1.82, 2.24) is 9.80 Å². The third-order valence-corrected chi connectivity index (χ3v) is 7.33. The van der Waals surface area contributed by atoms with E-state index in [2.05, 4.69) is 12.1 Å². The van der Waals surface area contributed by atoms with Crippen LogP contribution in [0.2, 0.25) is 0 Å². The minimum Gasteiger partial charge on any atom is -0.384 e. The molecule has 1 saturated heterocycles. The molecule has 8 heteroatoms. The van der Waals surface area contributed by atoms with E-state index in [9.17, 15) is 18.0 Å². The number of sulfone groups is 1. The molecule has 2 aromatic rings. The number of methoxy groups -OCH3 is 1. The van der Waals surface area contributed by atoms with E-state index in [1.807, 2.05) is 23.1 Å². The van der Waals surface area contributed by atoms with E-state index in [0.717, 1.165) is 12.8 Å². The van der Waals surface area contributed by atoms with Crippen molar-refractivity contribution in [3.05, 3.63) is 65.7 Å². The third kappa shape index (κ3) is 6.40. The van der Waals surface area contributed by atoms with Crippen LogP contribution in [0.25, 0.3) is 0 Å². The topological polar surface area (TPSA) is 84.0 Å². The van der Waals surface area contributed by atoms with E-state index in [1.54, 1.807) is 17.0 Å². The molecule has 0 aliphatic carbocycles. The van der Waals surface area contributed by atoms with E-state index in [-0.39, 0.29) is 29.1 Å². The van der Waals surface area contributed by atoms with Gasteiger partial charge in [0, 0.05) is 45.3 Å². The summed E-state index contributed by atoms with van der Waals surface area (Å²) in [5, 5.41) is 0. The fraction of sp³-hybridized carbons (Fsp3) is 0.417. The van der Waals surface area contributed by atoms with Crippen LogP contribution in [0.4, 0.5) is 0 Å². The first kappa shape index (κ1) is 23.9. The summed E-state index contributed by atoms with van der Waals surface area (Å²) < 4.78 is 29.3. The third-order valence-electron chi connectivity index (χ3n) is 5.64. The normalized spacial score (nSPS) is 14.4. The number of nitrogens with zero attached hydrogens (tertiary/aromatic N) is 2. The van der Waals surface area contributed by atoms with Gasteiger partial charge in [0.05, 0.1) is 17.3 Å². The number of benzene rings is 2. The maximum atomic E-state index is 12.8. The molecule has 172 valence electrons. The average molecular weight is 459 g/mol. The van der Waals surface area contributed by atoms with Crippen molar-refractivity contribution in [2.45, 2.75) is 24.2 Å². The molecule has 0 aromatic heterocycles. The Bertz CT molecular complexity index is 998. The summed E-state index contributed by atoms with van der Waals surface area (Å²) in [6.07, 6.45) is 2.19. The first-order chi connectivity index (χ1) is 15.4. The molecule has 2 amide bonds. The molecule has 1 aliphatic heterocycles. The lowest BCUT2D eigenvalue weighted by atomic mass is 10.1. The van der Waals surface area contributed by atoms with E-state index in [1.165, 1.54) is 24.8 Å². The molecule has 0 bridgehead atoms. The Balaban J connectivity index is 1.47. The Hall–Kier alpha value is -2.71. The van der Waals surface area contributed by atoms with Gasteiger partial charge in [-0.3, -0.25) is 9.59 Å². The van der Waals surface area contributed by atoms with Crippen LogP contribution in [0.5, 0.6) is 0 Å². The lowest BCUT2D eigenvalue weighted by Crippen LogP contribution is -2.50. The van der Waals surface area contributed by atoms with Crippen LogP contribution < -0.4 is 0 Å². The molecule has 0 unspecified atom stereocenters. The van der Waals surface area contributed by atoms with Crippen molar-refractivity contribution in [3.63, 3.8) is 0 Å². The highest BCUT2D eigenvalue weighted by Crippen LogP contribution is 2.16. The quantitative estimate of drug-likeness (QED) is 0.576. The Labute approximate surface area is 189 Å². The van der Waals surface area contributed by atoms with Crippen LogP contribution in [-0.4, -0.2) is 75.7 Å². The van der Waals surface area contributed by atoms with Crippen LogP contribution in [-0.2, 0) is 25.8 Å². The Morgan fingerprint density at radius 3 is 2.16 bits per heavy atom. The largest absolute Gasteiger partial charge is 0.384 e. The van der Waals surface area contributed by atoms with E-state index < -0.39 is 9.84 Å². The smallest absolute Gasteiger partial charge is 0.253 e. The molecular formula is C24H30N2O5S. The van der Waals surface area contributed by atoms with Gasteiger partial charge < -0.3 is 14.5 Å². The predicted molar refractivity (Wildman–Crippen MR) is 122 cm³/mol. The summed E-state index contributed by atoms with van der Waals surface area (Å²) in [5.41, 5.74) is 1.67. The molecule has 0 N–H and O–H groups in total. The first-order valence-corrected chi connectivity index (χ1v) is 12.5. The molecule has 1 fully saturated rings. The van der Waals surface area contributed by atoms with Crippen LogP contribution in [0, 0.1) is 0 Å². The number of piperazine rings is 1. The van der Waals surface area contributed by atoms with Crippen molar-refractivity contribution >= 4 is 21.7 Å². The van der Waals surface area contributed by atoms with Gasteiger partial charge in [-0.25, -0.2) is 8.42 Å². The van der Waals surface area contributed by atoms with Gasteiger partial charge in [-0.2, -0.15) is 0 Å². The molecule has 1 heterocycles. The lowest BCUT2D eigenvalue weighted by Gasteiger charge is -2.35. The number of ether oxygens (including phenoxy) is 1. The molecular weight excluding hydrogens is 428 g/mol. The van der Waals surface area contributed by atoms with E-state index in [4.69, 9.17) is 4.74 Å². The second kappa shape index (κ2) is 11.2. The number of aryl methyl sites for hydroxylation is 1. The zero-order valence-electron chi connectivity index (χ0n) is 18.4. The number of rotatable bonds is 9. The van der Waals surface area contributed by atoms with Crippen molar-refractivity contribution in [2.75, 3.05) is 45.6 Å². The van der Waals surface area contributed by atoms with Gasteiger partial charge in [0.2, 0.25) is 5.91 Å². The van der Waals surface area contributed by atoms with Gasteiger partial charge in [0.15, 0.2) is 9.84 Å². The first-order valence-electron chi connectivity index (χ1n) is 10.8. The molecule has 0 radical (unpaired) electrons. The van der Waals surface area contributed by atoms with Crippen molar-refractivity contribution in [2.24, 2.45) is 0 Å². The van der Waals surface area contributed by atoms with E-state index in [0.29, 0.717) is 38.2 Å². The molecule has 0 atom stereocenters. The number of carbonyl (C=O) groups excluding carboxylic acids is 2. The maximum absolute atomic E-state index is 12.8. The van der Waals surface area contributed by atoms with Gasteiger partial charge in [0.1, 0.15) is 0 Å². The van der Waals surface area contributed by atoms with Crippen LogP contribution >= 0.6 is 0 Å². The number of amides is 2. The average Bonchev–Trinajstić information content (AvgIpc) is 2.83. The van der Waals surface area contributed by atoms with Gasteiger partial charge in [-0.05, 0) is 42.7 Å². The molecule has 7 nitrogen and oxygen atoms in total. The number of hydrogen-bond acceptors (Lipinski definition) is 5. The summed E-state index contributed by atoms with van der Waals surface area (Å²) in [7, 11) is -1.97. The fourth-order valence-electron chi connectivity index (χ4n) is 3.70. The van der Waals surface area contributed by atoms with E-state index >= 15 is 0 Å². The molecule has 2 aromatic carbocycles. The Morgan fingerprint density at radius 2 is 1.53 bits per heavy atom. The predicted octanol–water partition coefficient (Wildman–Crippen LogP) is 2.41. The summed E-state index contributed by atoms with van der Waals surface area (Å²) in [6.45, 7) is 2.09. The van der Waals surface area contributed by atoms with Crippen molar-refractivity contribution in [3.8, 4) is 0 Å². The van der Waals surface area contributed by atoms with Gasteiger partial charge in [0.25, 0.3) is 5.91 Å². The van der Waals surface area contributed by atoms with Gasteiger partial charge in [-0.15, -0.1) is 0 Å². The second-order valence-corrected chi connectivity index (χ2v) is 9.96. The molecule has 3 rings (SSSR count). The zero-order chi connectivity index (χ0) is 23.0. The lowest BCUT2D eigenvalue weighted by molar-refractivity contribution is -0.132. The summed E-state index contributed by atoms with van der Waals surface area (Å²) in [5.74, 6) is -0.126. The molecule has 32 heavy (non-hydrogen) atoms. The minimum atomic E-state index is -3.43. The number of carbonyl (C=O) groups is 2. The van der Waals surface area contributed by atoms with Gasteiger partial charge in [-0.1, -0.05) is 30.3 Å². The SMILES string of the molecule is COCCS(=O)(=O)c1ccc(C(=O)N2CCN(C(=O)CCCc3ccccc3)CC2)cc1. The fourth-order valence-corrected chi connectivity index (χ4v) is 4.88. The molecule has 0 saturated carbocycles. The van der Waals surface area contributed by atoms with Crippen molar-refractivity contribution < 1.29 is 22.7 Å². The van der Waals surface area contributed by atoms with Crippen LogP contribution in [0.3, 0.4) is 0 Å².